The number of benzene rings is 1. The molecule has 5 heteroatoms. The maximum atomic E-state index is 13.4. The van der Waals surface area contributed by atoms with Crippen LogP contribution in [0.4, 0.5) is 14.5 Å². The Kier molecular flexibility index (Phi) is 3.53. The highest BCUT2D eigenvalue weighted by Crippen LogP contribution is 2.24. The van der Waals surface area contributed by atoms with E-state index in [4.69, 9.17) is 0 Å². The fourth-order valence-electron chi connectivity index (χ4n) is 1.57. The maximum Gasteiger partial charge on any atom is 0.149 e. The molecule has 0 unspecified atom stereocenters. The third-order valence-corrected chi connectivity index (χ3v) is 3.02. The Labute approximate surface area is 101 Å². The number of hydrogen-bond acceptors (Lipinski definition) is 2. The van der Waals surface area contributed by atoms with Crippen LogP contribution >= 0.6 is 15.9 Å². The number of amidine groups is 1. The summed E-state index contributed by atoms with van der Waals surface area (Å²) in [7, 11) is 0. The van der Waals surface area contributed by atoms with Gasteiger partial charge in [0.2, 0.25) is 0 Å². The second-order valence-electron chi connectivity index (χ2n) is 3.66. The molecular formula is C11H11BrF2N2. The van der Waals surface area contributed by atoms with Crippen LogP contribution in [-0.2, 0) is 0 Å². The van der Waals surface area contributed by atoms with E-state index >= 15 is 0 Å². The van der Waals surface area contributed by atoms with Crippen LogP contribution in [0, 0.1) is 11.6 Å². The van der Waals surface area contributed by atoms with E-state index in [1.165, 1.54) is 6.07 Å². The van der Waals surface area contributed by atoms with Gasteiger partial charge in [0.05, 0.1) is 10.2 Å². The van der Waals surface area contributed by atoms with Gasteiger partial charge in [-0.2, -0.15) is 0 Å². The summed E-state index contributed by atoms with van der Waals surface area (Å²) in [4.78, 5) is 4.25. The van der Waals surface area contributed by atoms with Gasteiger partial charge < -0.3 is 5.32 Å². The first-order valence-electron chi connectivity index (χ1n) is 5.12. The molecule has 2 rings (SSSR count). The lowest BCUT2D eigenvalue weighted by atomic mass is 10.2. The van der Waals surface area contributed by atoms with Crippen molar-refractivity contribution in [3.05, 3.63) is 28.2 Å². The van der Waals surface area contributed by atoms with Crippen molar-refractivity contribution < 1.29 is 8.78 Å². The summed E-state index contributed by atoms with van der Waals surface area (Å²) in [5, 5.41) is 2.90. The molecule has 0 atom stereocenters. The molecule has 0 bridgehead atoms. The van der Waals surface area contributed by atoms with Crippen LogP contribution < -0.4 is 5.32 Å². The lowest BCUT2D eigenvalue weighted by molar-refractivity contribution is 0.581. The lowest BCUT2D eigenvalue weighted by Crippen LogP contribution is -2.17. The highest BCUT2D eigenvalue weighted by atomic mass is 79.9. The molecule has 0 fully saturated rings. The van der Waals surface area contributed by atoms with E-state index in [0.717, 1.165) is 37.7 Å². The van der Waals surface area contributed by atoms with E-state index < -0.39 is 11.6 Å². The van der Waals surface area contributed by atoms with Crippen molar-refractivity contribution in [1.29, 1.82) is 0 Å². The lowest BCUT2D eigenvalue weighted by Gasteiger charge is -2.14. The van der Waals surface area contributed by atoms with Gasteiger partial charge in [-0.15, -0.1) is 0 Å². The first kappa shape index (κ1) is 11.5. The molecular weight excluding hydrogens is 278 g/mol. The molecule has 2 nitrogen and oxygen atoms in total. The molecule has 0 spiro atoms. The van der Waals surface area contributed by atoms with E-state index in [2.05, 4.69) is 26.2 Å². The summed E-state index contributed by atoms with van der Waals surface area (Å²) in [5.41, 5.74) is 0.258. The van der Waals surface area contributed by atoms with Crippen molar-refractivity contribution in [1.82, 2.24) is 0 Å². The SMILES string of the molecule is Fc1cc(F)c(NC2=NCCCC2)cc1Br. The van der Waals surface area contributed by atoms with Crippen LogP contribution in [0.3, 0.4) is 0 Å². The largest absolute Gasteiger partial charge is 0.342 e. The van der Waals surface area contributed by atoms with Crippen molar-refractivity contribution in [2.45, 2.75) is 19.3 Å². The van der Waals surface area contributed by atoms with Gasteiger partial charge in [0.15, 0.2) is 0 Å². The number of hydrogen-bond donors (Lipinski definition) is 1. The fourth-order valence-corrected chi connectivity index (χ4v) is 1.92. The monoisotopic (exact) mass is 288 g/mol. The van der Waals surface area contributed by atoms with Gasteiger partial charge in [0.1, 0.15) is 17.5 Å². The minimum atomic E-state index is -0.603. The molecule has 0 saturated heterocycles. The highest BCUT2D eigenvalue weighted by Gasteiger charge is 2.11. The molecule has 1 heterocycles. The average molecular weight is 289 g/mol. The van der Waals surface area contributed by atoms with Crippen molar-refractivity contribution in [2.24, 2.45) is 4.99 Å². The predicted molar refractivity (Wildman–Crippen MR) is 63.8 cm³/mol. The Hall–Kier alpha value is -0.970. The number of anilines is 1. The fraction of sp³-hybridized carbons (Fsp3) is 0.364. The van der Waals surface area contributed by atoms with Crippen LogP contribution in [0.25, 0.3) is 0 Å². The van der Waals surface area contributed by atoms with Crippen LogP contribution in [0.2, 0.25) is 0 Å². The normalized spacial score (nSPS) is 15.8. The Morgan fingerprint density at radius 1 is 1.19 bits per heavy atom. The van der Waals surface area contributed by atoms with Gasteiger partial charge in [-0.25, -0.2) is 8.78 Å². The zero-order chi connectivity index (χ0) is 11.5. The number of rotatable bonds is 1. The standard InChI is InChI=1S/C11H11BrF2N2/c12-7-5-10(9(14)6-8(7)13)16-11-3-1-2-4-15-11/h5-6H,1-4H2,(H,15,16). The molecule has 0 amide bonds. The van der Waals surface area contributed by atoms with Gasteiger partial charge >= 0.3 is 0 Å². The molecule has 86 valence electrons. The Balaban J connectivity index is 2.20. The molecule has 1 aromatic rings. The van der Waals surface area contributed by atoms with Crippen molar-refractivity contribution >= 4 is 27.5 Å². The van der Waals surface area contributed by atoms with E-state index in [1.807, 2.05) is 0 Å². The molecule has 0 aliphatic carbocycles. The topological polar surface area (TPSA) is 24.4 Å². The summed E-state index contributed by atoms with van der Waals surface area (Å²) in [5.74, 6) is -0.439. The Bertz CT molecular complexity index is 432. The highest BCUT2D eigenvalue weighted by molar-refractivity contribution is 9.10. The number of aliphatic imine (C=N–C) groups is 1. The first-order valence-corrected chi connectivity index (χ1v) is 5.91. The second kappa shape index (κ2) is 4.91. The first-order chi connectivity index (χ1) is 7.66. The summed E-state index contributed by atoms with van der Waals surface area (Å²) < 4.78 is 26.6. The van der Waals surface area contributed by atoms with Crippen molar-refractivity contribution in [2.75, 3.05) is 11.9 Å². The summed E-state index contributed by atoms with van der Waals surface area (Å²) in [6, 6.07) is 2.25. The molecule has 1 N–H and O–H groups in total. The quantitative estimate of drug-likeness (QED) is 0.783. The molecule has 1 aliphatic heterocycles. The van der Waals surface area contributed by atoms with Gasteiger partial charge in [0, 0.05) is 19.0 Å². The molecule has 1 aliphatic rings. The second-order valence-corrected chi connectivity index (χ2v) is 4.51. The summed E-state index contributed by atoms with van der Waals surface area (Å²) >= 11 is 3.02. The zero-order valence-corrected chi connectivity index (χ0v) is 10.2. The van der Waals surface area contributed by atoms with Crippen LogP contribution in [0.1, 0.15) is 19.3 Å². The number of nitrogens with one attached hydrogen (secondary N) is 1. The van der Waals surface area contributed by atoms with Gasteiger partial charge in [-0.3, -0.25) is 4.99 Å². The van der Waals surface area contributed by atoms with Crippen LogP contribution in [0.15, 0.2) is 21.6 Å². The Morgan fingerprint density at radius 2 is 2.00 bits per heavy atom. The van der Waals surface area contributed by atoms with Crippen molar-refractivity contribution in [3.8, 4) is 0 Å². The summed E-state index contributed by atoms with van der Waals surface area (Å²) in [6.45, 7) is 0.770. The van der Waals surface area contributed by atoms with E-state index in [9.17, 15) is 8.78 Å². The van der Waals surface area contributed by atoms with E-state index in [1.54, 1.807) is 0 Å². The van der Waals surface area contributed by atoms with Gasteiger partial charge in [0.25, 0.3) is 0 Å². The average Bonchev–Trinajstić information content (AvgIpc) is 2.27. The van der Waals surface area contributed by atoms with Crippen molar-refractivity contribution in [3.63, 3.8) is 0 Å². The molecule has 1 aromatic carbocycles. The smallest absolute Gasteiger partial charge is 0.149 e. The molecule has 0 radical (unpaired) electrons. The van der Waals surface area contributed by atoms with E-state index in [-0.39, 0.29) is 10.2 Å². The minimum Gasteiger partial charge on any atom is -0.342 e. The maximum absolute atomic E-state index is 13.4. The van der Waals surface area contributed by atoms with Gasteiger partial charge in [-0.1, -0.05) is 0 Å². The molecule has 16 heavy (non-hydrogen) atoms. The van der Waals surface area contributed by atoms with Crippen LogP contribution in [0.5, 0.6) is 0 Å². The number of halogens is 3. The third kappa shape index (κ3) is 2.58. The Morgan fingerprint density at radius 3 is 2.69 bits per heavy atom. The minimum absolute atomic E-state index is 0.243. The third-order valence-electron chi connectivity index (χ3n) is 2.41. The molecule has 0 aromatic heterocycles. The molecule has 0 saturated carbocycles. The van der Waals surface area contributed by atoms with E-state index in [0.29, 0.717) is 0 Å². The van der Waals surface area contributed by atoms with Crippen LogP contribution in [-0.4, -0.2) is 12.4 Å². The number of nitrogens with zero attached hydrogens (tertiary/aromatic N) is 1. The van der Waals surface area contributed by atoms with Gasteiger partial charge in [-0.05, 0) is 34.8 Å². The predicted octanol–water partition coefficient (Wildman–Crippen LogP) is 3.72. The summed E-state index contributed by atoms with van der Waals surface area (Å²) in [6.07, 6.45) is 2.94. The zero-order valence-electron chi connectivity index (χ0n) is 8.56.